The van der Waals surface area contributed by atoms with Crippen molar-refractivity contribution in [2.24, 2.45) is 5.10 Å². The summed E-state index contributed by atoms with van der Waals surface area (Å²) in [5, 5.41) is 8.20. The van der Waals surface area contributed by atoms with Crippen LogP contribution in [0.25, 0.3) is 5.03 Å². The molecule has 0 fully saturated rings. The number of halogens is 3. The molecular weight excluding hydrogens is 429 g/mol. The maximum atomic E-state index is 11.9. The molecular formula is C18H14Cl3N3O2S. The molecule has 27 heavy (non-hydrogen) atoms. The second kappa shape index (κ2) is 8.89. The van der Waals surface area contributed by atoms with E-state index in [1.807, 2.05) is 0 Å². The number of nitrogens with zero attached hydrogens (tertiary/aromatic N) is 1. The number of rotatable bonds is 4. The molecule has 2 amide bonds. The van der Waals surface area contributed by atoms with Crippen LogP contribution in [0.4, 0.5) is 10.5 Å². The van der Waals surface area contributed by atoms with Gasteiger partial charge in [-0.2, -0.15) is 5.10 Å². The van der Waals surface area contributed by atoms with E-state index in [1.165, 1.54) is 18.0 Å². The number of hydrazone groups is 1. The van der Waals surface area contributed by atoms with Gasteiger partial charge in [0.05, 0.1) is 23.4 Å². The Balaban J connectivity index is 1.65. The van der Waals surface area contributed by atoms with Gasteiger partial charge in [0.15, 0.2) is 0 Å². The van der Waals surface area contributed by atoms with Crippen LogP contribution in [0.1, 0.15) is 5.56 Å². The first-order chi connectivity index (χ1) is 13.0. The van der Waals surface area contributed by atoms with Crippen molar-refractivity contribution in [1.29, 1.82) is 0 Å². The van der Waals surface area contributed by atoms with Crippen LogP contribution in [-0.4, -0.2) is 25.1 Å². The number of hydrogen-bond acceptors (Lipinski definition) is 4. The van der Waals surface area contributed by atoms with E-state index in [-0.39, 0.29) is 0 Å². The standard InChI is InChI=1S/C18H14Cl3N3O2S/c1-26-13-4-2-12(3-5-13)23-18(25)24-22-8-10-9-27-17-14(16(10)21)6-11(19)7-15(17)20/h2-8H,9H2,1H3,(H2,23,24,25)/b22-8+. The lowest BCUT2D eigenvalue weighted by atomic mass is 10.1. The van der Waals surface area contributed by atoms with Gasteiger partial charge in [-0.15, -0.1) is 11.8 Å². The number of urea groups is 1. The maximum Gasteiger partial charge on any atom is 0.339 e. The van der Waals surface area contributed by atoms with Crippen molar-refractivity contribution in [3.05, 3.63) is 57.6 Å². The number of nitrogens with one attached hydrogen (secondary N) is 2. The molecule has 5 nitrogen and oxygen atoms in total. The number of carbonyl (C=O) groups is 1. The molecule has 1 aliphatic rings. The molecule has 0 aromatic heterocycles. The third-order valence-electron chi connectivity index (χ3n) is 3.63. The van der Waals surface area contributed by atoms with E-state index in [1.54, 1.807) is 43.5 Å². The predicted octanol–water partition coefficient (Wildman–Crippen LogP) is 5.87. The molecule has 0 saturated heterocycles. The van der Waals surface area contributed by atoms with E-state index in [9.17, 15) is 4.79 Å². The molecule has 2 N–H and O–H groups in total. The Hall–Kier alpha value is -1.86. The average molecular weight is 443 g/mol. The molecule has 3 rings (SSSR count). The highest BCUT2D eigenvalue weighted by Gasteiger charge is 2.20. The summed E-state index contributed by atoms with van der Waals surface area (Å²) in [6.07, 6.45) is 1.51. The Kier molecular flexibility index (Phi) is 6.55. The van der Waals surface area contributed by atoms with Gasteiger partial charge in [0.25, 0.3) is 0 Å². The summed E-state index contributed by atoms with van der Waals surface area (Å²) in [5.41, 5.74) is 4.55. The highest BCUT2D eigenvalue weighted by atomic mass is 35.5. The van der Waals surface area contributed by atoms with Crippen LogP contribution in [0.5, 0.6) is 5.75 Å². The van der Waals surface area contributed by atoms with Crippen LogP contribution in [0.3, 0.4) is 0 Å². The molecule has 0 aliphatic carbocycles. The largest absolute Gasteiger partial charge is 0.497 e. The van der Waals surface area contributed by atoms with E-state index < -0.39 is 6.03 Å². The van der Waals surface area contributed by atoms with Crippen LogP contribution in [0.2, 0.25) is 10.0 Å². The normalized spacial score (nSPS) is 13.5. The SMILES string of the molecule is COc1ccc(NC(=O)N/N=C/C2=C(Cl)c3cc(Cl)cc(Cl)c3SC2)cc1. The van der Waals surface area contributed by atoms with Crippen molar-refractivity contribution < 1.29 is 9.53 Å². The van der Waals surface area contributed by atoms with Crippen LogP contribution < -0.4 is 15.5 Å². The monoisotopic (exact) mass is 441 g/mol. The molecule has 1 heterocycles. The Labute approximate surface area is 175 Å². The fraction of sp³-hybridized carbons (Fsp3) is 0.111. The lowest BCUT2D eigenvalue weighted by molar-refractivity contribution is 0.252. The van der Waals surface area contributed by atoms with Gasteiger partial charge in [0.1, 0.15) is 5.75 Å². The summed E-state index contributed by atoms with van der Waals surface area (Å²) in [4.78, 5) is 12.8. The number of carbonyl (C=O) groups excluding carboxylic acids is 1. The zero-order chi connectivity index (χ0) is 19.4. The molecule has 140 valence electrons. The molecule has 0 atom stereocenters. The van der Waals surface area contributed by atoms with Gasteiger partial charge in [0.2, 0.25) is 0 Å². The molecule has 2 aromatic carbocycles. The average Bonchev–Trinajstić information content (AvgIpc) is 2.64. The summed E-state index contributed by atoms with van der Waals surface area (Å²) < 4.78 is 5.07. The molecule has 0 unspecified atom stereocenters. The van der Waals surface area contributed by atoms with Crippen LogP contribution in [-0.2, 0) is 0 Å². The van der Waals surface area contributed by atoms with Crippen molar-refractivity contribution >= 4 is 69.5 Å². The minimum atomic E-state index is -0.469. The molecule has 0 radical (unpaired) electrons. The molecule has 0 spiro atoms. The third kappa shape index (κ3) is 4.90. The van der Waals surface area contributed by atoms with Gasteiger partial charge in [-0.3, -0.25) is 0 Å². The van der Waals surface area contributed by atoms with Gasteiger partial charge < -0.3 is 10.1 Å². The number of ether oxygens (including phenoxy) is 1. The number of fused-ring (bicyclic) bond motifs is 1. The van der Waals surface area contributed by atoms with Crippen LogP contribution >= 0.6 is 46.6 Å². The van der Waals surface area contributed by atoms with Gasteiger partial charge in [-0.25, -0.2) is 10.2 Å². The van der Waals surface area contributed by atoms with Crippen molar-refractivity contribution in [1.82, 2.24) is 5.43 Å². The number of methoxy groups -OCH3 is 1. The van der Waals surface area contributed by atoms with E-state index in [0.29, 0.717) is 32.3 Å². The minimum Gasteiger partial charge on any atom is -0.497 e. The molecule has 9 heteroatoms. The van der Waals surface area contributed by atoms with Gasteiger partial charge in [0, 0.05) is 32.5 Å². The summed E-state index contributed by atoms with van der Waals surface area (Å²) in [5.74, 6) is 1.29. The smallest absolute Gasteiger partial charge is 0.339 e. The Morgan fingerprint density at radius 2 is 1.96 bits per heavy atom. The van der Waals surface area contributed by atoms with Crippen LogP contribution in [0, 0.1) is 0 Å². The molecule has 0 bridgehead atoms. The van der Waals surface area contributed by atoms with E-state index in [0.717, 1.165) is 16.0 Å². The first-order valence-electron chi connectivity index (χ1n) is 7.73. The quantitative estimate of drug-likeness (QED) is 0.460. The molecule has 2 aromatic rings. The van der Waals surface area contributed by atoms with Gasteiger partial charge >= 0.3 is 6.03 Å². The number of hydrogen-bond donors (Lipinski definition) is 2. The van der Waals surface area contributed by atoms with Crippen molar-refractivity contribution in [3.8, 4) is 5.75 Å². The zero-order valence-corrected chi connectivity index (χ0v) is 17.1. The summed E-state index contributed by atoms with van der Waals surface area (Å²) >= 11 is 20.2. The number of anilines is 1. The Bertz CT molecular complexity index is 930. The fourth-order valence-electron chi connectivity index (χ4n) is 2.35. The van der Waals surface area contributed by atoms with E-state index in [4.69, 9.17) is 39.5 Å². The van der Waals surface area contributed by atoms with E-state index >= 15 is 0 Å². The Morgan fingerprint density at radius 3 is 2.67 bits per heavy atom. The van der Waals surface area contributed by atoms with Gasteiger partial charge in [-0.05, 0) is 36.4 Å². The maximum absolute atomic E-state index is 11.9. The highest BCUT2D eigenvalue weighted by molar-refractivity contribution is 7.99. The highest BCUT2D eigenvalue weighted by Crippen LogP contribution is 2.43. The van der Waals surface area contributed by atoms with E-state index in [2.05, 4.69) is 15.8 Å². The van der Waals surface area contributed by atoms with Crippen LogP contribution in [0.15, 0.2) is 52.0 Å². The number of benzene rings is 2. The third-order valence-corrected chi connectivity index (χ3v) is 5.89. The lowest BCUT2D eigenvalue weighted by Gasteiger charge is -2.18. The summed E-state index contributed by atoms with van der Waals surface area (Å²) in [6, 6.07) is 9.92. The second-order valence-corrected chi connectivity index (χ2v) is 7.65. The number of amides is 2. The summed E-state index contributed by atoms with van der Waals surface area (Å²) in [7, 11) is 1.58. The Morgan fingerprint density at radius 1 is 1.22 bits per heavy atom. The second-order valence-electron chi connectivity index (χ2n) is 5.44. The number of thioether (sulfide) groups is 1. The zero-order valence-electron chi connectivity index (χ0n) is 14.1. The van der Waals surface area contributed by atoms with Crippen molar-refractivity contribution in [2.45, 2.75) is 4.90 Å². The lowest BCUT2D eigenvalue weighted by Crippen LogP contribution is -2.24. The first-order valence-corrected chi connectivity index (χ1v) is 9.85. The molecule has 1 aliphatic heterocycles. The topological polar surface area (TPSA) is 62.7 Å². The summed E-state index contributed by atoms with van der Waals surface area (Å²) in [6.45, 7) is 0. The fourth-order valence-corrected chi connectivity index (χ4v) is 4.44. The minimum absolute atomic E-state index is 0.469. The van der Waals surface area contributed by atoms with Crippen molar-refractivity contribution in [2.75, 3.05) is 18.2 Å². The van der Waals surface area contributed by atoms with Gasteiger partial charge in [-0.1, -0.05) is 34.8 Å². The van der Waals surface area contributed by atoms with Crippen molar-refractivity contribution in [3.63, 3.8) is 0 Å². The molecule has 0 saturated carbocycles. The predicted molar refractivity (Wildman–Crippen MR) is 114 cm³/mol. The first kappa shape index (κ1) is 19.9.